The van der Waals surface area contributed by atoms with Gasteiger partial charge in [0.1, 0.15) is 17.2 Å². The van der Waals surface area contributed by atoms with E-state index in [9.17, 15) is 13.2 Å². The maximum Gasteiger partial charge on any atom is 0.260 e. The molecule has 0 heterocycles. The summed E-state index contributed by atoms with van der Waals surface area (Å²) in [6.45, 7) is 0.200. The molecule has 0 atom stereocenters. The summed E-state index contributed by atoms with van der Waals surface area (Å²) >= 11 is 0. The summed E-state index contributed by atoms with van der Waals surface area (Å²) in [5.74, 6) is 2.24. The lowest BCUT2D eigenvalue weighted by atomic mass is 10.1. The molecule has 5 nitrogen and oxygen atoms in total. The lowest BCUT2D eigenvalue weighted by Crippen LogP contribution is -2.23. The molecule has 6 heteroatoms. The molecule has 0 unspecified atom stereocenters. The lowest BCUT2D eigenvalue weighted by Gasteiger charge is -2.09. The van der Waals surface area contributed by atoms with E-state index in [-0.39, 0.29) is 17.9 Å². The zero-order valence-corrected chi connectivity index (χ0v) is 12.4. The number of primary amides is 1. The number of carbonyl (C=O) groups is 1. The van der Waals surface area contributed by atoms with Gasteiger partial charge in [0, 0.05) is 0 Å². The van der Waals surface area contributed by atoms with E-state index in [0.29, 0.717) is 19.3 Å². The summed E-state index contributed by atoms with van der Waals surface area (Å²) in [6.07, 6.45) is 7.28. The fourth-order valence-corrected chi connectivity index (χ4v) is 2.34. The normalized spacial score (nSPS) is 9.67. The number of para-hydroxylation sites is 1. The maximum atomic E-state index is 10.9. The Morgan fingerprint density at radius 3 is 2.62 bits per heavy atom. The zero-order chi connectivity index (χ0) is 15.7. The summed E-state index contributed by atoms with van der Waals surface area (Å²) in [5, 5.41) is 0. The van der Waals surface area contributed by atoms with Crippen LogP contribution in [0.15, 0.2) is 24.3 Å². The molecule has 0 aromatic heterocycles. The van der Waals surface area contributed by atoms with Crippen LogP contribution in [0.5, 0.6) is 5.75 Å². The van der Waals surface area contributed by atoms with E-state index in [0.717, 1.165) is 11.3 Å². The van der Waals surface area contributed by atoms with Gasteiger partial charge >= 0.3 is 0 Å². The third-order valence-electron chi connectivity index (χ3n) is 2.86. The molecule has 0 bridgehead atoms. The highest BCUT2D eigenvalue weighted by molar-refractivity contribution is 7.74. The quantitative estimate of drug-likeness (QED) is 0.440. The van der Waals surface area contributed by atoms with Crippen LogP contribution >= 0.6 is 0 Å². The summed E-state index contributed by atoms with van der Waals surface area (Å²) in [6, 6.07) is 7.51. The van der Waals surface area contributed by atoms with Crippen LogP contribution in [0.4, 0.5) is 0 Å². The molecule has 1 aromatic carbocycles. The number of nitrogens with two attached hydrogens (primary N) is 1. The number of benzene rings is 1. The van der Waals surface area contributed by atoms with Gasteiger partial charge in [-0.15, -0.1) is 6.42 Å². The first-order valence-electron chi connectivity index (χ1n) is 6.45. The average Bonchev–Trinajstić information content (AvgIpc) is 2.45. The number of amides is 1. The van der Waals surface area contributed by atoms with Gasteiger partial charge in [0.25, 0.3) is 5.91 Å². The molecular weight excluding hydrogens is 290 g/mol. The van der Waals surface area contributed by atoms with Gasteiger partial charge in [-0.2, -0.15) is 8.42 Å². The van der Waals surface area contributed by atoms with Gasteiger partial charge in [0.05, 0.1) is 0 Å². The summed E-state index contributed by atoms with van der Waals surface area (Å²) in [4.78, 5) is 10.7. The molecule has 0 saturated heterocycles. The Labute approximate surface area is 125 Å². The van der Waals surface area contributed by atoms with Crippen molar-refractivity contribution in [3.63, 3.8) is 0 Å². The van der Waals surface area contributed by atoms with Crippen molar-refractivity contribution in [2.75, 3.05) is 6.61 Å². The zero-order valence-electron chi connectivity index (χ0n) is 11.5. The standard InChI is InChI=1S/C15H17NO4S/c1-2-11-20-13-9-5-3-7-12(13)8-4-6-10-14(15(16)17)21(18)19/h1,3,5,7,9H,4,6,8,10-11H2,(H2,16,17). The van der Waals surface area contributed by atoms with E-state index in [1.54, 1.807) is 0 Å². The molecule has 0 saturated carbocycles. The minimum atomic E-state index is -2.54. The van der Waals surface area contributed by atoms with Gasteiger partial charge in [-0.3, -0.25) is 4.79 Å². The van der Waals surface area contributed by atoms with Crippen LogP contribution in [0.2, 0.25) is 0 Å². The van der Waals surface area contributed by atoms with Gasteiger partial charge < -0.3 is 10.5 Å². The Bertz CT molecular complexity index is 663. The van der Waals surface area contributed by atoms with Crippen molar-refractivity contribution in [1.82, 2.24) is 0 Å². The second-order valence-electron chi connectivity index (χ2n) is 4.33. The van der Waals surface area contributed by atoms with Crippen LogP contribution in [-0.4, -0.2) is 25.8 Å². The molecule has 1 amide bonds. The molecule has 0 radical (unpaired) electrons. The topological polar surface area (TPSA) is 86.5 Å². The van der Waals surface area contributed by atoms with Gasteiger partial charge in [0.15, 0.2) is 0 Å². The van der Waals surface area contributed by atoms with E-state index < -0.39 is 16.2 Å². The first-order chi connectivity index (χ1) is 10.1. The molecule has 1 rings (SSSR count). The van der Waals surface area contributed by atoms with Crippen molar-refractivity contribution >= 4 is 21.1 Å². The maximum absolute atomic E-state index is 10.9. The van der Waals surface area contributed by atoms with Crippen LogP contribution in [0.1, 0.15) is 24.8 Å². The molecule has 0 aliphatic heterocycles. The number of hydrogen-bond donors (Lipinski definition) is 1. The highest BCUT2D eigenvalue weighted by Crippen LogP contribution is 2.20. The Kier molecular flexibility index (Phi) is 7.05. The molecule has 112 valence electrons. The molecule has 21 heavy (non-hydrogen) atoms. The third kappa shape index (κ3) is 5.71. The highest BCUT2D eigenvalue weighted by atomic mass is 32.2. The Balaban J connectivity index is 2.56. The fourth-order valence-electron chi connectivity index (χ4n) is 1.86. The number of rotatable bonds is 8. The van der Waals surface area contributed by atoms with Crippen LogP contribution in [0, 0.1) is 12.3 Å². The van der Waals surface area contributed by atoms with E-state index in [4.69, 9.17) is 16.9 Å². The largest absolute Gasteiger partial charge is 0.481 e. The van der Waals surface area contributed by atoms with Crippen LogP contribution < -0.4 is 10.5 Å². The van der Waals surface area contributed by atoms with Crippen molar-refractivity contribution in [3.8, 4) is 18.1 Å². The molecular formula is C15H17NO4S. The second-order valence-corrected chi connectivity index (χ2v) is 5.29. The monoisotopic (exact) mass is 307 g/mol. The first kappa shape index (κ1) is 16.8. The van der Waals surface area contributed by atoms with Crippen LogP contribution in [0.3, 0.4) is 0 Å². The molecule has 0 fully saturated rings. The van der Waals surface area contributed by atoms with E-state index in [2.05, 4.69) is 5.92 Å². The molecule has 0 aliphatic carbocycles. The van der Waals surface area contributed by atoms with Gasteiger partial charge in [-0.25, -0.2) is 0 Å². The molecule has 0 spiro atoms. The van der Waals surface area contributed by atoms with Crippen LogP contribution in [-0.2, 0) is 21.5 Å². The summed E-state index contributed by atoms with van der Waals surface area (Å²) < 4.78 is 27.0. The lowest BCUT2D eigenvalue weighted by molar-refractivity contribution is -0.111. The first-order valence-corrected chi connectivity index (χ1v) is 7.52. The van der Waals surface area contributed by atoms with Crippen LogP contribution in [0.25, 0.3) is 0 Å². The van der Waals surface area contributed by atoms with Crippen molar-refractivity contribution in [3.05, 3.63) is 29.8 Å². The smallest absolute Gasteiger partial charge is 0.260 e. The summed E-state index contributed by atoms with van der Waals surface area (Å²) in [7, 11) is -2.54. The SMILES string of the molecule is C#CCOc1ccccc1CCCCC(C(N)=O)=S(=O)=O. The predicted molar refractivity (Wildman–Crippen MR) is 81.4 cm³/mol. The predicted octanol–water partition coefficient (Wildman–Crippen LogP) is 0.948. The molecule has 1 aromatic rings. The number of carbonyl (C=O) groups excluding carboxylic acids is 1. The highest BCUT2D eigenvalue weighted by Gasteiger charge is 2.09. The van der Waals surface area contributed by atoms with Gasteiger partial charge in [-0.1, -0.05) is 24.1 Å². The molecule has 0 aliphatic rings. The number of ether oxygens (including phenoxy) is 1. The number of unbranched alkanes of at least 4 members (excludes halogenated alkanes) is 1. The number of terminal acetylenes is 1. The van der Waals surface area contributed by atoms with Crippen molar-refractivity contribution in [2.24, 2.45) is 5.73 Å². The Morgan fingerprint density at radius 2 is 2.00 bits per heavy atom. The summed E-state index contributed by atoms with van der Waals surface area (Å²) in [5.41, 5.74) is 6.00. The van der Waals surface area contributed by atoms with Gasteiger partial charge in [-0.05, 0) is 37.3 Å². The minimum Gasteiger partial charge on any atom is -0.481 e. The fraction of sp³-hybridized carbons (Fsp3) is 0.333. The Hall–Kier alpha value is -2.26. The second kappa shape index (κ2) is 8.82. The van der Waals surface area contributed by atoms with E-state index >= 15 is 0 Å². The number of aryl methyl sites for hydroxylation is 1. The third-order valence-corrected chi connectivity index (χ3v) is 3.67. The average molecular weight is 307 g/mol. The van der Waals surface area contributed by atoms with E-state index in [1.807, 2.05) is 24.3 Å². The number of hydrogen-bond acceptors (Lipinski definition) is 4. The Morgan fingerprint density at radius 1 is 1.29 bits per heavy atom. The van der Waals surface area contributed by atoms with Crippen molar-refractivity contribution < 1.29 is 17.9 Å². The van der Waals surface area contributed by atoms with Gasteiger partial charge in [0.2, 0.25) is 10.3 Å². The van der Waals surface area contributed by atoms with Crippen molar-refractivity contribution in [2.45, 2.75) is 25.7 Å². The van der Waals surface area contributed by atoms with Crippen molar-refractivity contribution in [1.29, 1.82) is 0 Å². The van der Waals surface area contributed by atoms with E-state index in [1.165, 1.54) is 0 Å². The minimum absolute atomic E-state index is 0.152. The molecule has 2 N–H and O–H groups in total.